The first kappa shape index (κ1) is 14.5. The first-order chi connectivity index (χ1) is 9.56. The molecule has 2 aromatic rings. The van der Waals surface area contributed by atoms with Crippen molar-refractivity contribution in [2.75, 3.05) is 18.5 Å². The molecule has 0 saturated carbocycles. The molecule has 6 heteroatoms. The molecule has 0 spiro atoms. The first-order valence-electron chi connectivity index (χ1n) is 6.20. The van der Waals surface area contributed by atoms with Gasteiger partial charge in [-0.05, 0) is 30.7 Å². The summed E-state index contributed by atoms with van der Waals surface area (Å²) in [5.74, 6) is -1.06. The van der Waals surface area contributed by atoms with Crippen molar-refractivity contribution in [2.24, 2.45) is 0 Å². The highest BCUT2D eigenvalue weighted by Gasteiger charge is 2.09. The SMILES string of the molecule is CN(CCCC(=O)O)c1nc(-c2ccc(F)cc2)cs1. The highest BCUT2D eigenvalue weighted by molar-refractivity contribution is 7.14. The number of aromatic nitrogens is 1. The zero-order valence-electron chi connectivity index (χ0n) is 11.0. The summed E-state index contributed by atoms with van der Waals surface area (Å²) in [5, 5.41) is 11.4. The fraction of sp³-hybridized carbons (Fsp3) is 0.286. The van der Waals surface area contributed by atoms with Crippen molar-refractivity contribution >= 4 is 22.4 Å². The third kappa shape index (κ3) is 3.77. The van der Waals surface area contributed by atoms with Crippen LogP contribution in [0.2, 0.25) is 0 Å². The number of halogens is 1. The number of carbonyl (C=O) groups is 1. The van der Waals surface area contributed by atoms with Gasteiger partial charge in [-0.25, -0.2) is 9.37 Å². The van der Waals surface area contributed by atoms with Crippen LogP contribution in [0.1, 0.15) is 12.8 Å². The minimum absolute atomic E-state index is 0.153. The molecule has 0 radical (unpaired) electrons. The Labute approximate surface area is 120 Å². The van der Waals surface area contributed by atoms with E-state index in [4.69, 9.17) is 5.11 Å². The monoisotopic (exact) mass is 294 g/mol. The lowest BCUT2D eigenvalue weighted by atomic mass is 10.2. The molecule has 0 aliphatic heterocycles. The molecule has 0 amide bonds. The zero-order chi connectivity index (χ0) is 14.5. The Morgan fingerprint density at radius 3 is 2.75 bits per heavy atom. The largest absolute Gasteiger partial charge is 0.481 e. The predicted octanol–water partition coefficient (Wildman–Crippen LogP) is 3.25. The molecule has 0 aliphatic carbocycles. The standard InChI is InChI=1S/C14H15FN2O2S/c1-17(8-2-3-13(18)19)14-16-12(9-20-14)10-4-6-11(15)7-5-10/h4-7,9H,2-3,8H2,1H3,(H,18,19). The van der Waals surface area contributed by atoms with Crippen LogP contribution in [0.3, 0.4) is 0 Å². The maximum absolute atomic E-state index is 12.9. The van der Waals surface area contributed by atoms with Crippen molar-refractivity contribution in [1.29, 1.82) is 0 Å². The summed E-state index contributed by atoms with van der Waals surface area (Å²) in [6.07, 6.45) is 0.734. The lowest BCUT2D eigenvalue weighted by Crippen LogP contribution is -2.19. The topological polar surface area (TPSA) is 53.4 Å². The number of rotatable bonds is 6. The number of carboxylic acids is 1. The Hall–Kier alpha value is -1.95. The van der Waals surface area contributed by atoms with E-state index in [1.54, 1.807) is 12.1 Å². The quantitative estimate of drug-likeness (QED) is 0.888. The van der Waals surface area contributed by atoms with Crippen molar-refractivity contribution in [3.05, 3.63) is 35.5 Å². The second kappa shape index (κ2) is 6.47. The normalized spacial score (nSPS) is 10.5. The van der Waals surface area contributed by atoms with Gasteiger partial charge >= 0.3 is 5.97 Å². The third-order valence-corrected chi connectivity index (χ3v) is 3.80. The Morgan fingerprint density at radius 1 is 1.40 bits per heavy atom. The van der Waals surface area contributed by atoms with Crippen LogP contribution in [0.15, 0.2) is 29.6 Å². The van der Waals surface area contributed by atoms with Crippen molar-refractivity contribution in [3.63, 3.8) is 0 Å². The Bertz CT molecular complexity index is 583. The van der Waals surface area contributed by atoms with E-state index in [2.05, 4.69) is 4.98 Å². The summed E-state index contributed by atoms with van der Waals surface area (Å²) in [4.78, 5) is 16.9. The van der Waals surface area contributed by atoms with Crippen LogP contribution in [-0.4, -0.2) is 29.7 Å². The van der Waals surface area contributed by atoms with Crippen LogP contribution in [0.4, 0.5) is 9.52 Å². The summed E-state index contributed by atoms with van der Waals surface area (Å²) in [6.45, 7) is 0.642. The number of carboxylic acid groups (broad SMARTS) is 1. The van der Waals surface area contributed by atoms with Gasteiger partial charge in [-0.2, -0.15) is 0 Å². The average Bonchev–Trinajstić information content (AvgIpc) is 2.88. The van der Waals surface area contributed by atoms with Gasteiger partial charge in [0.25, 0.3) is 0 Å². The van der Waals surface area contributed by atoms with Crippen molar-refractivity contribution in [2.45, 2.75) is 12.8 Å². The molecule has 1 heterocycles. The van der Waals surface area contributed by atoms with Crippen LogP contribution < -0.4 is 4.90 Å². The van der Waals surface area contributed by atoms with Crippen molar-refractivity contribution < 1.29 is 14.3 Å². The molecule has 0 atom stereocenters. The van der Waals surface area contributed by atoms with E-state index >= 15 is 0 Å². The van der Waals surface area contributed by atoms with Crippen LogP contribution >= 0.6 is 11.3 Å². The van der Waals surface area contributed by atoms with Gasteiger partial charge in [-0.3, -0.25) is 4.79 Å². The smallest absolute Gasteiger partial charge is 0.303 e. The molecule has 1 aromatic carbocycles. The Morgan fingerprint density at radius 2 is 2.10 bits per heavy atom. The summed E-state index contributed by atoms with van der Waals surface area (Å²) < 4.78 is 12.9. The summed E-state index contributed by atoms with van der Waals surface area (Å²) in [5.41, 5.74) is 1.67. The first-order valence-corrected chi connectivity index (χ1v) is 7.08. The van der Waals surface area contributed by atoms with E-state index in [-0.39, 0.29) is 12.2 Å². The molecule has 0 unspecified atom stereocenters. The average molecular weight is 294 g/mol. The van der Waals surface area contributed by atoms with E-state index in [9.17, 15) is 9.18 Å². The van der Waals surface area contributed by atoms with Gasteiger partial charge in [0, 0.05) is 31.0 Å². The molecule has 2 rings (SSSR count). The van der Waals surface area contributed by atoms with Crippen LogP contribution in [0.5, 0.6) is 0 Å². The molecule has 106 valence electrons. The molecule has 0 aliphatic rings. The van der Waals surface area contributed by atoms with Gasteiger partial charge in [-0.15, -0.1) is 11.3 Å². The lowest BCUT2D eigenvalue weighted by Gasteiger charge is -2.14. The number of nitrogens with zero attached hydrogens (tertiary/aromatic N) is 2. The van der Waals surface area contributed by atoms with E-state index in [1.165, 1.54) is 23.5 Å². The second-order valence-electron chi connectivity index (χ2n) is 4.44. The molecule has 1 N–H and O–H groups in total. The minimum Gasteiger partial charge on any atom is -0.481 e. The van der Waals surface area contributed by atoms with E-state index < -0.39 is 5.97 Å². The van der Waals surface area contributed by atoms with Crippen LogP contribution in [0, 0.1) is 5.82 Å². The summed E-state index contributed by atoms with van der Waals surface area (Å²) in [6, 6.07) is 6.20. The second-order valence-corrected chi connectivity index (χ2v) is 5.28. The van der Waals surface area contributed by atoms with Crippen LogP contribution in [-0.2, 0) is 4.79 Å². The van der Waals surface area contributed by atoms with Gasteiger partial charge in [-0.1, -0.05) is 0 Å². The molecule has 1 aromatic heterocycles. The Kier molecular flexibility index (Phi) is 4.68. The van der Waals surface area contributed by atoms with E-state index in [1.807, 2.05) is 17.3 Å². The molecule has 0 fully saturated rings. The third-order valence-electron chi connectivity index (χ3n) is 2.84. The zero-order valence-corrected chi connectivity index (χ0v) is 11.9. The molecular formula is C14H15FN2O2S. The summed E-state index contributed by atoms with van der Waals surface area (Å²) in [7, 11) is 1.88. The minimum atomic E-state index is -0.787. The number of hydrogen-bond donors (Lipinski definition) is 1. The number of aliphatic carboxylic acids is 1. The number of anilines is 1. The number of thiazole rings is 1. The van der Waals surface area contributed by atoms with Crippen molar-refractivity contribution in [3.8, 4) is 11.3 Å². The summed E-state index contributed by atoms with van der Waals surface area (Å²) >= 11 is 1.49. The van der Waals surface area contributed by atoms with E-state index in [0.717, 1.165) is 16.4 Å². The van der Waals surface area contributed by atoms with Gasteiger partial charge < -0.3 is 10.0 Å². The molecule has 0 bridgehead atoms. The highest BCUT2D eigenvalue weighted by atomic mass is 32.1. The number of hydrogen-bond acceptors (Lipinski definition) is 4. The fourth-order valence-corrected chi connectivity index (χ4v) is 2.58. The van der Waals surface area contributed by atoms with Gasteiger partial charge in [0.2, 0.25) is 0 Å². The van der Waals surface area contributed by atoms with E-state index in [0.29, 0.717) is 13.0 Å². The molecule has 0 saturated heterocycles. The van der Waals surface area contributed by atoms with Gasteiger partial charge in [0.1, 0.15) is 5.82 Å². The highest BCUT2D eigenvalue weighted by Crippen LogP contribution is 2.27. The maximum atomic E-state index is 12.9. The lowest BCUT2D eigenvalue weighted by molar-refractivity contribution is -0.137. The molecular weight excluding hydrogens is 279 g/mol. The fourth-order valence-electron chi connectivity index (χ4n) is 1.76. The van der Waals surface area contributed by atoms with Crippen molar-refractivity contribution in [1.82, 2.24) is 4.98 Å². The van der Waals surface area contributed by atoms with Gasteiger partial charge in [0.15, 0.2) is 5.13 Å². The molecule has 20 heavy (non-hydrogen) atoms. The molecule has 4 nitrogen and oxygen atoms in total. The van der Waals surface area contributed by atoms with Gasteiger partial charge in [0.05, 0.1) is 5.69 Å². The Balaban J connectivity index is 2.01. The number of benzene rings is 1. The maximum Gasteiger partial charge on any atom is 0.303 e. The van der Waals surface area contributed by atoms with Crippen LogP contribution in [0.25, 0.3) is 11.3 Å². The predicted molar refractivity (Wildman–Crippen MR) is 77.6 cm³/mol.